The van der Waals surface area contributed by atoms with E-state index in [9.17, 15) is 0 Å². The van der Waals surface area contributed by atoms with Gasteiger partial charge in [0.05, 0.1) is 0 Å². The Morgan fingerprint density at radius 2 is 1.74 bits per heavy atom. The summed E-state index contributed by atoms with van der Waals surface area (Å²) in [6.07, 6.45) is 1.80. The van der Waals surface area contributed by atoms with Gasteiger partial charge in [-0.3, -0.25) is 5.84 Å². The van der Waals surface area contributed by atoms with E-state index in [0.29, 0.717) is 0 Å². The van der Waals surface area contributed by atoms with Gasteiger partial charge in [0.25, 0.3) is 0 Å². The number of rotatable bonds is 1. The fraction of sp³-hybridized carbons (Fsp3) is 0.200. The summed E-state index contributed by atoms with van der Waals surface area (Å²) in [5, 5.41) is 0. The molecule has 4 nitrogen and oxygen atoms in total. The molecule has 96 valence electrons. The molecule has 0 atom stereocenters. The highest BCUT2D eigenvalue weighted by molar-refractivity contribution is 5.68. The SMILES string of the molecule is Cc1cccc(C)c1-[n+]1c(C)n(N)c2cccnc21. The molecule has 2 aromatic heterocycles. The van der Waals surface area contributed by atoms with Gasteiger partial charge in [-0.25, -0.2) is 0 Å². The quantitative estimate of drug-likeness (QED) is 0.532. The van der Waals surface area contributed by atoms with Gasteiger partial charge >= 0.3 is 5.65 Å². The van der Waals surface area contributed by atoms with Crippen LogP contribution in [0.15, 0.2) is 36.5 Å². The molecule has 0 unspecified atom stereocenters. The van der Waals surface area contributed by atoms with Gasteiger partial charge in [-0.05, 0) is 37.1 Å². The fourth-order valence-corrected chi connectivity index (χ4v) is 2.61. The van der Waals surface area contributed by atoms with Crippen molar-refractivity contribution in [3.8, 4) is 5.69 Å². The van der Waals surface area contributed by atoms with Crippen molar-refractivity contribution in [3.05, 3.63) is 53.5 Å². The Kier molecular flexibility index (Phi) is 2.52. The van der Waals surface area contributed by atoms with Gasteiger partial charge in [0.15, 0.2) is 5.52 Å². The standard InChI is InChI=1S/C15H17N4/c1-10-6-4-7-11(2)14(10)18-12(3)19(16)13-8-5-9-17-15(13)18/h4-9H,16H2,1-3H3/q+1. The molecule has 2 heterocycles. The van der Waals surface area contributed by atoms with Gasteiger partial charge in [0.1, 0.15) is 11.9 Å². The van der Waals surface area contributed by atoms with Crippen LogP contribution in [0.4, 0.5) is 0 Å². The molecule has 0 saturated heterocycles. The molecular formula is C15H17N4+. The zero-order valence-corrected chi connectivity index (χ0v) is 11.4. The molecule has 0 aliphatic heterocycles. The van der Waals surface area contributed by atoms with Crippen LogP contribution in [0.5, 0.6) is 0 Å². The number of benzene rings is 1. The maximum atomic E-state index is 6.13. The molecule has 0 amide bonds. The molecule has 4 heteroatoms. The molecule has 2 N–H and O–H groups in total. The Labute approximate surface area is 112 Å². The highest BCUT2D eigenvalue weighted by Gasteiger charge is 2.23. The van der Waals surface area contributed by atoms with E-state index in [1.807, 2.05) is 19.1 Å². The Morgan fingerprint density at radius 3 is 2.42 bits per heavy atom. The normalized spacial score (nSPS) is 11.1. The minimum absolute atomic E-state index is 0.889. The second kappa shape index (κ2) is 4.09. The van der Waals surface area contributed by atoms with Gasteiger partial charge in [0.2, 0.25) is 5.82 Å². The van der Waals surface area contributed by atoms with Gasteiger partial charge in [-0.15, -0.1) is 4.98 Å². The van der Waals surface area contributed by atoms with Crippen molar-refractivity contribution >= 4 is 11.2 Å². The number of para-hydroxylation sites is 1. The Morgan fingerprint density at radius 1 is 1.05 bits per heavy atom. The van der Waals surface area contributed by atoms with E-state index in [4.69, 9.17) is 5.84 Å². The highest BCUT2D eigenvalue weighted by atomic mass is 15.4. The average Bonchev–Trinajstić information content (AvgIpc) is 2.64. The van der Waals surface area contributed by atoms with Gasteiger partial charge in [-0.2, -0.15) is 9.24 Å². The third kappa shape index (κ3) is 1.60. The van der Waals surface area contributed by atoms with Crippen LogP contribution in [-0.4, -0.2) is 9.66 Å². The van der Waals surface area contributed by atoms with E-state index < -0.39 is 0 Å². The maximum absolute atomic E-state index is 6.13. The first kappa shape index (κ1) is 11.7. The van der Waals surface area contributed by atoms with Crippen LogP contribution >= 0.6 is 0 Å². The number of nitrogens with two attached hydrogens (primary N) is 1. The van der Waals surface area contributed by atoms with Crippen molar-refractivity contribution in [2.45, 2.75) is 20.8 Å². The number of hydrogen-bond donors (Lipinski definition) is 1. The topological polar surface area (TPSA) is 47.7 Å². The van der Waals surface area contributed by atoms with Gasteiger partial charge < -0.3 is 0 Å². The Bertz CT molecular complexity index is 751. The van der Waals surface area contributed by atoms with Crippen LogP contribution in [0.25, 0.3) is 16.9 Å². The average molecular weight is 253 g/mol. The third-order valence-electron chi connectivity index (χ3n) is 3.57. The van der Waals surface area contributed by atoms with E-state index >= 15 is 0 Å². The fourth-order valence-electron chi connectivity index (χ4n) is 2.61. The number of pyridine rings is 1. The van der Waals surface area contributed by atoms with Crippen LogP contribution in [0.3, 0.4) is 0 Å². The van der Waals surface area contributed by atoms with E-state index in [1.54, 1.807) is 10.9 Å². The molecule has 0 radical (unpaired) electrons. The number of aryl methyl sites for hydroxylation is 2. The number of aromatic nitrogens is 3. The lowest BCUT2D eigenvalue weighted by molar-refractivity contribution is -0.578. The summed E-state index contributed by atoms with van der Waals surface area (Å²) in [4.78, 5) is 4.48. The largest absolute Gasteiger partial charge is 0.309 e. The molecule has 19 heavy (non-hydrogen) atoms. The first-order valence-electron chi connectivity index (χ1n) is 6.31. The van der Waals surface area contributed by atoms with Crippen molar-refractivity contribution in [2.75, 3.05) is 5.84 Å². The number of imidazole rings is 1. The molecule has 3 aromatic rings. The van der Waals surface area contributed by atoms with Crippen molar-refractivity contribution < 1.29 is 4.57 Å². The van der Waals surface area contributed by atoms with Crippen LogP contribution in [0, 0.1) is 20.8 Å². The van der Waals surface area contributed by atoms with Crippen molar-refractivity contribution in [1.82, 2.24) is 9.66 Å². The second-order valence-corrected chi connectivity index (χ2v) is 4.84. The summed E-state index contributed by atoms with van der Waals surface area (Å²) in [6, 6.07) is 10.2. The van der Waals surface area contributed by atoms with Crippen molar-refractivity contribution in [3.63, 3.8) is 0 Å². The molecule has 0 bridgehead atoms. The van der Waals surface area contributed by atoms with Crippen LogP contribution < -0.4 is 10.4 Å². The van der Waals surface area contributed by atoms with Gasteiger partial charge in [0, 0.05) is 6.92 Å². The maximum Gasteiger partial charge on any atom is 0.309 e. The van der Waals surface area contributed by atoms with E-state index in [1.165, 1.54) is 11.1 Å². The Hall–Kier alpha value is -2.36. The van der Waals surface area contributed by atoms with E-state index in [-0.39, 0.29) is 0 Å². The monoisotopic (exact) mass is 253 g/mol. The third-order valence-corrected chi connectivity index (χ3v) is 3.57. The summed E-state index contributed by atoms with van der Waals surface area (Å²) >= 11 is 0. The minimum atomic E-state index is 0.889. The highest BCUT2D eigenvalue weighted by Crippen LogP contribution is 2.18. The first-order valence-corrected chi connectivity index (χ1v) is 6.31. The second-order valence-electron chi connectivity index (χ2n) is 4.84. The summed E-state index contributed by atoms with van der Waals surface area (Å²) < 4.78 is 3.81. The number of nitrogen functional groups attached to an aromatic ring is 1. The number of fused-ring (bicyclic) bond motifs is 1. The lowest BCUT2D eigenvalue weighted by Crippen LogP contribution is -2.37. The van der Waals surface area contributed by atoms with E-state index in [2.05, 4.69) is 41.6 Å². The van der Waals surface area contributed by atoms with Gasteiger partial charge in [-0.1, -0.05) is 18.2 Å². The summed E-state index contributed by atoms with van der Waals surface area (Å²) in [5.41, 5.74) is 5.41. The minimum Gasteiger partial charge on any atom is -0.291 e. The first-order chi connectivity index (χ1) is 9.11. The summed E-state index contributed by atoms with van der Waals surface area (Å²) in [6.45, 7) is 6.22. The summed E-state index contributed by atoms with van der Waals surface area (Å²) in [7, 11) is 0. The smallest absolute Gasteiger partial charge is 0.291 e. The van der Waals surface area contributed by atoms with E-state index in [0.717, 1.165) is 22.7 Å². The zero-order chi connectivity index (χ0) is 13.6. The lowest BCUT2D eigenvalue weighted by Gasteiger charge is -2.08. The molecule has 1 aromatic carbocycles. The number of hydrogen-bond acceptors (Lipinski definition) is 2. The molecule has 0 fully saturated rings. The molecule has 0 aliphatic rings. The molecule has 0 spiro atoms. The van der Waals surface area contributed by atoms with Crippen LogP contribution in [-0.2, 0) is 0 Å². The molecule has 0 saturated carbocycles. The Balaban J connectivity index is 2.47. The molecule has 3 rings (SSSR count). The zero-order valence-electron chi connectivity index (χ0n) is 11.4. The van der Waals surface area contributed by atoms with Crippen LogP contribution in [0.2, 0.25) is 0 Å². The van der Waals surface area contributed by atoms with Crippen molar-refractivity contribution in [1.29, 1.82) is 0 Å². The van der Waals surface area contributed by atoms with Crippen molar-refractivity contribution in [2.24, 2.45) is 0 Å². The molecule has 0 aliphatic carbocycles. The predicted molar refractivity (Wildman–Crippen MR) is 75.6 cm³/mol. The summed E-state index contributed by atoms with van der Waals surface area (Å²) in [5.74, 6) is 7.10. The predicted octanol–water partition coefficient (Wildman–Crippen LogP) is 1.95. The number of nitrogens with zero attached hydrogens (tertiary/aromatic N) is 3. The molecular weight excluding hydrogens is 236 g/mol. The lowest BCUT2D eigenvalue weighted by atomic mass is 10.1. The van der Waals surface area contributed by atoms with Crippen LogP contribution in [0.1, 0.15) is 17.0 Å².